The molecule has 0 N–H and O–H groups in total. The Hall–Kier alpha value is -5.88. The predicted octanol–water partition coefficient (Wildman–Crippen LogP) is 18.4. The van der Waals surface area contributed by atoms with Gasteiger partial charge in [-0.15, -0.1) is 0 Å². The van der Waals surface area contributed by atoms with Gasteiger partial charge in [-0.3, -0.25) is 0 Å². The quantitative estimate of drug-likeness (QED) is 0.165. The van der Waals surface area contributed by atoms with Crippen molar-refractivity contribution in [3.8, 4) is 68.3 Å². The van der Waals surface area contributed by atoms with Crippen LogP contribution < -0.4 is 0 Å². The zero-order valence-corrected chi connectivity index (χ0v) is 49.9. The van der Waals surface area contributed by atoms with E-state index in [9.17, 15) is 0 Å². The lowest BCUT2D eigenvalue weighted by Gasteiger charge is -2.26. The number of nitrogens with zero attached hydrogens (tertiary/aromatic N) is 6. The summed E-state index contributed by atoms with van der Waals surface area (Å²) < 4.78 is 0. The van der Waals surface area contributed by atoms with E-state index in [0.717, 1.165) is 33.4 Å². The third-order valence-corrected chi connectivity index (χ3v) is 14.3. The van der Waals surface area contributed by atoms with E-state index in [0.29, 0.717) is 34.9 Å². The fraction of sp³-hybridized carbons (Fsp3) is 0.471. The zero-order valence-electron chi connectivity index (χ0n) is 49.9. The minimum Gasteiger partial charge on any atom is -0.208 e. The molecule has 0 aliphatic rings. The summed E-state index contributed by atoms with van der Waals surface area (Å²) in [5, 5.41) is 0. The van der Waals surface area contributed by atoms with Gasteiger partial charge in [0.25, 0.3) is 0 Å². The normalized spacial score (nSPS) is 13.4. The lowest BCUT2D eigenvalue weighted by molar-refractivity contribution is 0.568. The van der Waals surface area contributed by atoms with Gasteiger partial charge in [0.15, 0.2) is 34.9 Å². The summed E-state index contributed by atoms with van der Waals surface area (Å²) in [5.74, 6) is 3.71. The van der Waals surface area contributed by atoms with Crippen LogP contribution >= 0.6 is 0 Å². The highest BCUT2D eigenvalue weighted by atomic mass is 15.0. The van der Waals surface area contributed by atoms with Gasteiger partial charge in [-0.25, -0.2) is 29.9 Å². The summed E-state index contributed by atoms with van der Waals surface area (Å²) in [4.78, 5) is 32.4. The molecule has 0 fully saturated rings. The van der Waals surface area contributed by atoms with Crippen LogP contribution in [-0.4, -0.2) is 29.9 Å². The van der Waals surface area contributed by atoms with E-state index in [1.165, 1.54) is 44.5 Å². The summed E-state index contributed by atoms with van der Waals surface area (Å²) in [5.41, 5.74) is 14.7. The van der Waals surface area contributed by atoms with E-state index in [-0.39, 0.29) is 43.3 Å². The summed E-state index contributed by atoms with van der Waals surface area (Å²) in [6.07, 6.45) is 0. The first-order chi connectivity index (χ1) is 33.6. The van der Waals surface area contributed by atoms with Gasteiger partial charge in [0, 0.05) is 33.4 Å². The molecule has 6 heteroatoms. The Morgan fingerprint density at radius 2 is 0.338 bits per heavy atom. The maximum Gasteiger partial charge on any atom is 0.164 e. The second kappa shape index (κ2) is 19.0. The SMILES string of the molecule is CC(C)(C)c1cc(-c2nc(-c3cccc(-c4nc(-c5cc(C(C)(C)C)cc(C(C)(C)C)c5)nc(-c5cc(C(C)(C)C)cc(C(C)(C)C)c5)n4)c3)nc(-c3cc(C(C)(C)C)cc(C(C)(C)C)c3)n2)cc(C(C)(C)C)c1. The van der Waals surface area contributed by atoms with Crippen LogP contribution in [0.3, 0.4) is 0 Å². The number of hydrogen-bond donors (Lipinski definition) is 0. The van der Waals surface area contributed by atoms with Crippen molar-refractivity contribution in [2.24, 2.45) is 0 Å². The average molecular weight is 989 g/mol. The largest absolute Gasteiger partial charge is 0.208 e. The average Bonchev–Trinajstić information content (AvgIpc) is 3.28. The number of benzene rings is 5. The Kier molecular flexibility index (Phi) is 14.4. The van der Waals surface area contributed by atoms with Crippen LogP contribution in [0.25, 0.3) is 68.3 Å². The first-order valence-electron chi connectivity index (χ1n) is 26.9. The monoisotopic (exact) mass is 989 g/mol. The Morgan fingerprint density at radius 3 is 0.486 bits per heavy atom. The van der Waals surface area contributed by atoms with Gasteiger partial charge in [-0.2, -0.15) is 0 Å². The fourth-order valence-corrected chi connectivity index (χ4v) is 8.81. The van der Waals surface area contributed by atoms with Gasteiger partial charge in [0.1, 0.15) is 0 Å². The van der Waals surface area contributed by atoms with Crippen molar-refractivity contribution in [2.45, 2.75) is 209 Å². The molecule has 0 aliphatic carbocycles. The van der Waals surface area contributed by atoms with Crippen molar-refractivity contribution in [3.63, 3.8) is 0 Å². The van der Waals surface area contributed by atoms with E-state index >= 15 is 0 Å². The summed E-state index contributed by atoms with van der Waals surface area (Å²) in [7, 11) is 0. The molecule has 2 aromatic heterocycles. The highest BCUT2D eigenvalue weighted by molar-refractivity contribution is 5.74. The van der Waals surface area contributed by atoms with Crippen LogP contribution in [0.1, 0.15) is 211 Å². The maximum atomic E-state index is 5.41. The lowest BCUT2D eigenvalue weighted by atomic mass is 9.79. The molecule has 7 aromatic rings. The fourth-order valence-electron chi connectivity index (χ4n) is 8.81. The molecule has 0 bridgehead atoms. The van der Waals surface area contributed by atoms with E-state index in [4.69, 9.17) is 29.9 Å². The molecular formula is C68H88N6. The molecule has 0 unspecified atom stereocenters. The van der Waals surface area contributed by atoms with E-state index in [1.807, 2.05) is 0 Å². The number of aromatic nitrogens is 6. The molecular weight excluding hydrogens is 901 g/mol. The van der Waals surface area contributed by atoms with Gasteiger partial charge in [0.05, 0.1) is 0 Å². The third kappa shape index (κ3) is 12.8. The second-order valence-corrected chi connectivity index (χ2v) is 29.4. The Morgan fingerprint density at radius 1 is 0.189 bits per heavy atom. The molecule has 0 aliphatic heterocycles. The first-order valence-corrected chi connectivity index (χ1v) is 26.9. The Labute approximate surface area is 447 Å². The van der Waals surface area contributed by atoms with Crippen molar-refractivity contribution in [1.82, 2.24) is 29.9 Å². The van der Waals surface area contributed by atoms with Crippen LogP contribution in [0.5, 0.6) is 0 Å². The molecule has 0 amide bonds. The van der Waals surface area contributed by atoms with Crippen molar-refractivity contribution >= 4 is 0 Å². The van der Waals surface area contributed by atoms with Crippen LogP contribution in [-0.2, 0) is 43.3 Å². The van der Waals surface area contributed by atoms with E-state index in [2.05, 4.69) is 263 Å². The topological polar surface area (TPSA) is 77.3 Å². The highest BCUT2D eigenvalue weighted by Gasteiger charge is 2.28. The lowest BCUT2D eigenvalue weighted by Crippen LogP contribution is -2.17. The highest BCUT2D eigenvalue weighted by Crippen LogP contribution is 2.40. The number of rotatable bonds is 6. The van der Waals surface area contributed by atoms with Crippen molar-refractivity contribution in [2.75, 3.05) is 0 Å². The predicted molar refractivity (Wildman–Crippen MR) is 315 cm³/mol. The molecule has 0 atom stereocenters. The molecule has 2 heterocycles. The van der Waals surface area contributed by atoms with Crippen molar-refractivity contribution < 1.29 is 0 Å². The maximum absolute atomic E-state index is 5.41. The molecule has 6 nitrogen and oxygen atoms in total. The number of hydrogen-bond acceptors (Lipinski definition) is 6. The third-order valence-electron chi connectivity index (χ3n) is 14.3. The molecule has 0 spiro atoms. The summed E-state index contributed by atoms with van der Waals surface area (Å²) >= 11 is 0. The van der Waals surface area contributed by atoms with Crippen LogP contribution in [0.15, 0.2) is 97.1 Å². The van der Waals surface area contributed by atoms with Crippen molar-refractivity contribution in [3.05, 3.63) is 142 Å². The minimum absolute atomic E-state index is 0.0985. The van der Waals surface area contributed by atoms with Gasteiger partial charge in [-0.05, 0) is 142 Å². The van der Waals surface area contributed by atoms with Gasteiger partial charge < -0.3 is 0 Å². The Bertz CT molecular complexity index is 2690. The second-order valence-electron chi connectivity index (χ2n) is 29.4. The summed E-state index contributed by atoms with van der Waals surface area (Å²) in [6.45, 7) is 54.5. The molecule has 7 rings (SSSR count). The zero-order chi connectivity index (χ0) is 55.1. The molecule has 0 radical (unpaired) electrons. The van der Waals surface area contributed by atoms with Gasteiger partial charge >= 0.3 is 0 Å². The van der Waals surface area contributed by atoms with E-state index in [1.54, 1.807) is 0 Å². The Balaban J connectivity index is 1.54. The van der Waals surface area contributed by atoms with Gasteiger partial charge in [-0.1, -0.05) is 209 Å². The van der Waals surface area contributed by atoms with E-state index < -0.39 is 0 Å². The van der Waals surface area contributed by atoms with Crippen molar-refractivity contribution in [1.29, 1.82) is 0 Å². The minimum atomic E-state index is -0.0985. The van der Waals surface area contributed by atoms with Crippen LogP contribution in [0, 0.1) is 0 Å². The molecule has 74 heavy (non-hydrogen) atoms. The molecule has 5 aromatic carbocycles. The molecule has 0 saturated carbocycles. The van der Waals surface area contributed by atoms with Crippen LogP contribution in [0.4, 0.5) is 0 Å². The summed E-state index contributed by atoms with van der Waals surface area (Å²) in [6, 6.07) is 36.0. The van der Waals surface area contributed by atoms with Crippen LogP contribution in [0.2, 0.25) is 0 Å². The molecule has 390 valence electrons. The molecule has 0 saturated heterocycles. The smallest absolute Gasteiger partial charge is 0.164 e. The standard InChI is InChI=1S/C68H88N6/c1-61(2,3)47-29-43(30-48(37-47)62(4,5)6)57-69-55(70-58(73-57)44-31-49(63(7,8)9)38-50(32-44)64(10,11)12)41-26-25-27-42(28-41)56-71-59(45-33-51(65(13,14)15)39-52(34-45)66(16,17)18)74-60(72-56)46-35-53(67(19,20)21)40-54(36-46)68(22,23)24/h25-40H,1-24H3. The van der Waals surface area contributed by atoms with Gasteiger partial charge in [0.2, 0.25) is 0 Å². The first kappa shape index (κ1) is 55.9.